The Hall–Kier alpha value is -2.49. The number of pyridine rings is 1. The lowest BCUT2D eigenvalue weighted by atomic mass is 10.2. The van der Waals surface area contributed by atoms with Crippen molar-refractivity contribution in [2.45, 2.75) is 13.8 Å². The molecule has 0 saturated carbocycles. The summed E-state index contributed by atoms with van der Waals surface area (Å²) in [6.07, 6.45) is 3.51. The van der Waals surface area contributed by atoms with E-state index in [1.165, 1.54) is 5.56 Å². The van der Waals surface area contributed by atoms with Crippen LogP contribution in [0, 0.1) is 13.8 Å². The summed E-state index contributed by atoms with van der Waals surface area (Å²) in [6.45, 7) is 3.95. The molecule has 3 aromatic rings. The van der Waals surface area contributed by atoms with Crippen molar-refractivity contribution in [3.05, 3.63) is 54.1 Å². The van der Waals surface area contributed by atoms with E-state index in [0.717, 1.165) is 28.2 Å². The third kappa shape index (κ3) is 2.25. The van der Waals surface area contributed by atoms with Crippen LogP contribution in [0.4, 0.5) is 11.5 Å². The molecule has 0 aliphatic rings. The lowest BCUT2D eigenvalue weighted by molar-refractivity contribution is 1.09. The standard InChI is InChI=1S/C15H14N4/c1-10-5-3-4-6-13(10)19-15-12-7-8-16-9-14(12)17-11(2)18-15/h3-9H,1-2H3,(H,17,18,19). The van der Waals surface area contributed by atoms with Crippen molar-refractivity contribution in [2.75, 3.05) is 5.32 Å². The largest absolute Gasteiger partial charge is 0.339 e. The molecule has 0 unspecified atom stereocenters. The maximum absolute atomic E-state index is 4.49. The van der Waals surface area contributed by atoms with Gasteiger partial charge in [-0.1, -0.05) is 18.2 Å². The number of benzene rings is 1. The van der Waals surface area contributed by atoms with Crippen LogP contribution in [-0.2, 0) is 0 Å². The molecule has 0 amide bonds. The van der Waals surface area contributed by atoms with Gasteiger partial charge in [-0.2, -0.15) is 0 Å². The van der Waals surface area contributed by atoms with E-state index in [4.69, 9.17) is 0 Å². The van der Waals surface area contributed by atoms with E-state index >= 15 is 0 Å². The Morgan fingerprint density at radius 2 is 1.84 bits per heavy atom. The number of para-hydroxylation sites is 1. The fourth-order valence-electron chi connectivity index (χ4n) is 2.03. The first-order chi connectivity index (χ1) is 9.24. The normalized spacial score (nSPS) is 10.6. The number of hydrogen-bond acceptors (Lipinski definition) is 4. The highest BCUT2D eigenvalue weighted by atomic mass is 15.0. The molecule has 0 spiro atoms. The highest BCUT2D eigenvalue weighted by molar-refractivity contribution is 5.90. The Morgan fingerprint density at radius 3 is 2.68 bits per heavy atom. The number of anilines is 2. The number of rotatable bonds is 2. The highest BCUT2D eigenvalue weighted by Crippen LogP contribution is 2.24. The van der Waals surface area contributed by atoms with Crippen LogP contribution in [0.1, 0.15) is 11.4 Å². The number of hydrogen-bond donors (Lipinski definition) is 1. The molecule has 4 heteroatoms. The summed E-state index contributed by atoms with van der Waals surface area (Å²) in [5.41, 5.74) is 3.09. The van der Waals surface area contributed by atoms with Crippen molar-refractivity contribution in [1.29, 1.82) is 0 Å². The van der Waals surface area contributed by atoms with Gasteiger partial charge in [-0.25, -0.2) is 9.97 Å². The summed E-state index contributed by atoms with van der Waals surface area (Å²) in [4.78, 5) is 13.0. The molecular weight excluding hydrogens is 236 g/mol. The Bertz CT molecular complexity index is 737. The quantitative estimate of drug-likeness (QED) is 0.757. The third-order valence-corrected chi connectivity index (χ3v) is 3.01. The minimum atomic E-state index is 0.733. The summed E-state index contributed by atoms with van der Waals surface area (Å²) in [5.74, 6) is 1.55. The van der Waals surface area contributed by atoms with E-state index in [0.29, 0.717) is 0 Å². The number of nitrogens with one attached hydrogen (secondary N) is 1. The van der Waals surface area contributed by atoms with Crippen LogP contribution in [0.25, 0.3) is 10.9 Å². The molecule has 94 valence electrons. The zero-order valence-corrected chi connectivity index (χ0v) is 10.9. The molecule has 1 N–H and O–H groups in total. The van der Waals surface area contributed by atoms with E-state index in [9.17, 15) is 0 Å². The molecular formula is C15H14N4. The first-order valence-corrected chi connectivity index (χ1v) is 6.15. The second kappa shape index (κ2) is 4.65. The molecule has 19 heavy (non-hydrogen) atoms. The first-order valence-electron chi connectivity index (χ1n) is 6.15. The molecule has 0 atom stereocenters. The highest BCUT2D eigenvalue weighted by Gasteiger charge is 2.06. The van der Waals surface area contributed by atoms with Gasteiger partial charge in [0.15, 0.2) is 0 Å². The zero-order valence-electron chi connectivity index (χ0n) is 10.9. The molecule has 0 radical (unpaired) electrons. The van der Waals surface area contributed by atoms with Gasteiger partial charge in [-0.15, -0.1) is 0 Å². The Labute approximate surface area is 111 Å². The van der Waals surface area contributed by atoms with Gasteiger partial charge in [-0.3, -0.25) is 4.98 Å². The average molecular weight is 250 g/mol. The van der Waals surface area contributed by atoms with Crippen molar-refractivity contribution in [2.24, 2.45) is 0 Å². The predicted molar refractivity (Wildman–Crippen MR) is 76.5 cm³/mol. The Morgan fingerprint density at radius 1 is 1.00 bits per heavy atom. The maximum Gasteiger partial charge on any atom is 0.142 e. The van der Waals surface area contributed by atoms with Gasteiger partial charge >= 0.3 is 0 Å². The smallest absolute Gasteiger partial charge is 0.142 e. The topological polar surface area (TPSA) is 50.7 Å². The second-order valence-corrected chi connectivity index (χ2v) is 4.45. The van der Waals surface area contributed by atoms with E-state index in [2.05, 4.69) is 33.3 Å². The van der Waals surface area contributed by atoms with Crippen LogP contribution in [0.5, 0.6) is 0 Å². The SMILES string of the molecule is Cc1nc(Nc2ccccc2C)c2ccncc2n1. The summed E-state index contributed by atoms with van der Waals surface area (Å²) in [6, 6.07) is 10.1. The summed E-state index contributed by atoms with van der Waals surface area (Å²) < 4.78 is 0. The van der Waals surface area contributed by atoms with Crippen molar-refractivity contribution < 1.29 is 0 Å². The predicted octanol–water partition coefficient (Wildman–Crippen LogP) is 3.39. The van der Waals surface area contributed by atoms with Crippen LogP contribution in [0.3, 0.4) is 0 Å². The van der Waals surface area contributed by atoms with Gasteiger partial charge in [0, 0.05) is 17.3 Å². The number of aromatic nitrogens is 3. The maximum atomic E-state index is 4.49. The monoisotopic (exact) mass is 250 g/mol. The molecule has 0 fully saturated rings. The number of aryl methyl sites for hydroxylation is 2. The number of fused-ring (bicyclic) bond motifs is 1. The molecule has 0 aliphatic carbocycles. The van der Waals surface area contributed by atoms with Gasteiger partial charge < -0.3 is 5.32 Å². The number of nitrogens with zero attached hydrogens (tertiary/aromatic N) is 3. The molecule has 2 aromatic heterocycles. The van der Waals surface area contributed by atoms with Gasteiger partial charge in [-0.05, 0) is 31.5 Å². The van der Waals surface area contributed by atoms with Crippen LogP contribution in [0.15, 0.2) is 42.7 Å². The first kappa shape index (κ1) is 11.6. The lowest BCUT2D eigenvalue weighted by Crippen LogP contribution is -2.00. The molecule has 4 nitrogen and oxygen atoms in total. The fourth-order valence-corrected chi connectivity index (χ4v) is 2.03. The molecule has 0 saturated heterocycles. The van der Waals surface area contributed by atoms with Crippen molar-refractivity contribution in [3.8, 4) is 0 Å². The Kier molecular flexibility index (Phi) is 2.83. The molecule has 3 rings (SSSR count). The van der Waals surface area contributed by atoms with Crippen molar-refractivity contribution in [3.63, 3.8) is 0 Å². The molecule has 2 heterocycles. The lowest BCUT2D eigenvalue weighted by Gasteiger charge is -2.11. The van der Waals surface area contributed by atoms with E-state index < -0.39 is 0 Å². The van der Waals surface area contributed by atoms with Crippen molar-refractivity contribution >= 4 is 22.4 Å². The average Bonchev–Trinajstić information content (AvgIpc) is 2.41. The van der Waals surface area contributed by atoms with Gasteiger partial charge in [0.05, 0.1) is 11.7 Å². The minimum Gasteiger partial charge on any atom is -0.339 e. The van der Waals surface area contributed by atoms with E-state index in [1.54, 1.807) is 12.4 Å². The van der Waals surface area contributed by atoms with E-state index in [-0.39, 0.29) is 0 Å². The zero-order chi connectivity index (χ0) is 13.2. The van der Waals surface area contributed by atoms with Crippen LogP contribution in [-0.4, -0.2) is 15.0 Å². The van der Waals surface area contributed by atoms with Gasteiger partial charge in [0.2, 0.25) is 0 Å². The second-order valence-electron chi connectivity index (χ2n) is 4.45. The summed E-state index contributed by atoms with van der Waals surface area (Å²) in [5, 5.41) is 4.35. The van der Waals surface area contributed by atoms with Crippen LogP contribution in [0.2, 0.25) is 0 Å². The fraction of sp³-hybridized carbons (Fsp3) is 0.133. The minimum absolute atomic E-state index is 0.733. The van der Waals surface area contributed by atoms with Crippen molar-refractivity contribution in [1.82, 2.24) is 15.0 Å². The Balaban J connectivity index is 2.13. The third-order valence-electron chi connectivity index (χ3n) is 3.01. The summed E-state index contributed by atoms with van der Waals surface area (Å²) >= 11 is 0. The summed E-state index contributed by atoms with van der Waals surface area (Å²) in [7, 11) is 0. The van der Waals surface area contributed by atoms with E-state index in [1.807, 2.05) is 31.2 Å². The van der Waals surface area contributed by atoms with Crippen LogP contribution < -0.4 is 5.32 Å². The molecule has 0 bridgehead atoms. The van der Waals surface area contributed by atoms with Gasteiger partial charge in [0.25, 0.3) is 0 Å². The molecule has 1 aromatic carbocycles. The van der Waals surface area contributed by atoms with Gasteiger partial charge in [0.1, 0.15) is 11.6 Å². The van der Waals surface area contributed by atoms with Crippen LogP contribution >= 0.6 is 0 Å². The molecule has 0 aliphatic heterocycles.